The number of benzene rings is 1. The highest BCUT2D eigenvalue weighted by molar-refractivity contribution is 8.16. The van der Waals surface area contributed by atoms with Crippen molar-refractivity contribution in [1.29, 1.82) is 0 Å². The Morgan fingerprint density at radius 1 is 1.35 bits per heavy atom. The number of sulfone groups is 1. The van der Waals surface area contributed by atoms with Crippen LogP contribution in [-0.4, -0.2) is 48.2 Å². The molecule has 0 aromatic heterocycles. The molecule has 0 saturated carbocycles. The molecule has 0 radical (unpaired) electrons. The Hall–Kier alpha value is -0.470. The van der Waals surface area contributed by atoms with Crippen molar-refractivity contribution in [2.75, 3.05) is 22.3 Å². The van der Waals surface area contributed by atoms with Gasteiger partial charge in [0, 0.05) is 5.25 Å². The van der Waals surface area contributed by atoms with Gasteiger partial charge in [0.05, 0.1) is 33.3 Å². The summed E-state index contributed by atoms with van der Waals surface area (Å²) in [7, 11) is -3.13. The minimum atomic E-state index is -3.13. The number of amides is 1. The second kappa shape index (κ2) is 6.44. The number of hydrogen-bond donors (Lipinski definition) is 0. The lowest BCUT2D eigenvalue weighted by Crippen LogP contribution is -2.38. The van der Waals surface area contributed by atoms with Crippen LogP contribution in [0.15, 0.2) is 23.2 Å². The Morgan fingerprint density at radius 2 is 2.09 bits per heavy atom. The predicted molar refractivity (Wildman–Crippen MR) is 95.9 cm³/mol. The zero-order chi connectivity index (χ0) is 16.8. The van der Waals surface area contributed by atoms with Gasteiger partial charge in [-0.2, -0.15) is 4.99 Å². The Balaban J connectivity index is 2.09. The van der Waals surface area contributed by atoms with Crippen molar-refractivity contribution in [2.24, 2.45) is 4.99 Å². The summed E-state index contributed by atoms with van der Waals surface area (Å²) in [5.41, 5.74) is 0.539. The van der Waals surface area contributed by atoms with E-state index in [2.05, 4.69) is 4.99 Å². The third kappa shape index (κ3) is 3.35. The average Bonchev–Trinajstić information content (AvgIpc) is 2.93. The second-order valence-corrected chi connectivity index (χ2v) is 9.58. The Kier molecular flexibility index (Phi) is 4.86. The minimum absolute atomic E-state index is 0.0123. The van der Waals surface area contributed by atoms with E-state index in [-0.39, 0.29) is 28.7 Å². The van der Waals surface area contributed by atoms with Gasteiger partial charge in [-0.3, -0.25) is 4.79 Å². The summed E-state index contributed by atoms with van der Waals surface area (Å²) < 4.78 is 23.9. The number of rotatable bonds is 2. The molecule has 124 valence electrons. The van der Waals surface area contributed by atoms with Crippen molar-refractivity contribution >= 4 is 73.2 Å². The van der Waals surface area contributed by atoms with E-state index in [0.717, 1.165) is 0 Å². The summed E-state index contributed by atoms with van der Waals surface area (Å²) in [6, 6.07) is 4.75. The first kappa shape index (κ1) is 17.4. The van der Waals surface area contributed by atoms with Crippen LogP contribution in [0.5, 0.6) is 0 Å². The molecule has 1 aromatic rings. The van der Waals surface area contributed by atoms with E-state index in [1.165, 1.54) is 11.8 Å². The standard InChI is InChI=1S/C13H11Cl3N2O3S2/c14-4-11(19)17-13-18(8-3-1-2-7(15)12(8)16)9-5-23(20,21)6-10(9)22-13/h1-3,9-10H,4-6H2. The van der Waals surface area contributed by atoms with Gasteiger partial charge in [-0.25, -0.2) is 8.42 Å². The van der Waals surface area contributed by atoms with E-state index in [1.807, 2.05) is 0 Å². The molecule has 0 aliphatic carbocycles. The molecule has 0 N–H and O–H groups in total. The number of carbonyl (C=O) groups is 1. The molecule has 2 unspecified atom stereocenters. The van der Waals surface area contributed by atoms with Crippen molar-refractivity contribution in [3.8, 4) is 0 Å². The first-order valence-corrected chi connectivity index (χ1v) is 10.6. The molecule has 23 heavy (non-hydrogen) atoms. The summed E-state index contributed by atoms with van der Waals surface area (Å²) >= 11 is 19.1. The molecule has 3 rings (SSSR count). The Bertz CT molecular complexity index is 798. The van der Waals surface area contributed by atoms with Crippen LogP contribution in [0.1, 0.15) is 0 Å². The predicted octanol–water partition coefficient (Wildman–Crippen LogP) is 2.83. The first-order valence-electron chi connectivity index (χ1n) is 6.60. The summed E-state index contributed by atoms with van der Waals surface area (Å²) in [6.07, 6.45) is 0. The van der Waals surface area contributed by atoms with Crippen LogP contribution in [-0.2, 0) is 14.6 Å². The van der Waals surface area contributed by atoms with Gasteiger partial charge in [-0.1, -0.05) is 41.0 Å². The van der Waals surface area contributed by atoms with Crippen LogP contribution in [0.4, 0.5) is 5.69 Å². The maximum absolute atomic E-state index is 11.9. The molecule has 2 heterocycles. The molecule has 2 saturated heterocycles. The molecule has 5 nitrogen and oxygen atoms in total. The van der Waals surface area contributed by atoms with Crippen molar-refractivity contribution < 1.29 is 13.2 Å². The molecular formula is C13H11Cl3N2O3S2. The number of amidine groups is 1. The lowest BCUT2D eigenvalue weighted by Gasteiger charge is -2.25. The van der Waals surface area contributed by atoms with E-state index < -0.39 is 15.7 Å². The largest absolute Gasteiger partial charge is 0.314 e. The van der Waals surface area contributed by atoms with E-state index in [4.69, 9.17) is 34.8 Å². The van der Waals surface area contributed by atoms with Gasteiger partial charge in [0.1, 0.15) is 5.88 Å². The molecular weight excluding hydrogens is 403 g/mol. The molecule has 0 bridgehead atoms. The topological polar surface area (TPSA) is 66.8 Å². The number of halogens is 3. The van der Waals surface area contributed by atoms with Gasteiger partial charge in [0.15, 0.2) is 15.0 Å². The fourth-order valence-corrected chi connectivity index (χ4v) is 7.03. The first-order chi connectivity index (χ1) is 10.8. The zero-order valence-electron chi connectivity index (χ0n) is 11.6. The van der Waals surface area contributed by atoms with Gasteiger partial charge in [-0.15, -0.1) is 11.6 Å². The molecule has 2 fully saturated rings. The van der Waals surface area contributed by atoms with Crippen molar-refractivity contribution in [3.05, 3.63) is 28.2 Å². The Morgan fingerprint density at radius 3 is 2.78 bits per heavy atom. The lowest BCUT2D eigenvalue weighted by molar-refractivity contribution is -0.115. The minimum Gasteiger partial charge on any atom is -0.314 e. The fraction of sp³-hybridized carbons (Fsp3) is 0.385. The normalized spacial score (nSPS) is 27.4. The molecule has 0 spiro atoms. The van der Waals surface area contributed by atoms with Crippen molar-refractivity contribution in [3.63, 3.8) is 0 Å². The molecule has 2 aliphatic rings. The maximum atomic E-state index is 11.9. The summed E-state index contributed by atoms with van der Waals surface area (Å²) in [4.78, 5) is 17.3. The molecule has 2 atom stereocenters. The highest BCUT2D eigenvalue weighted by Gasteiger charge is 2.49. The Labute approximate surface area is 152 Å². The molecule has 1 aromatic carbocycles. The van der Waals surface area contributed by atoms with Gasteiger partial charge < -0.3 is 4.90 Å². The third-order valence-electron chi connectivity index (χ3n) is 3.59. The molecule has 10 heteroatoms. The monoisotopic (exact) mass is 412 g/mol. The number of nitrogens with zero attached hydrogens (tertiary/aromatic N) is 2. The molecule has 1 amide bonds. The number of alkyl halides is 1. The number of carbonyl (C=O) groups excluding carboxylic acids is 1. The number of anilines is 1. The van der Waals surface area contributed by atoms with Crippen molar-refractivity contribution in [2.45, 2.75) is 11.3 Å². The van der Waals surface area contributed by atoms with Gasteiger partial charge in [0.25, 0.3) is 5.91 Å². The number of fused-ring (bicyclic) bond motifs is 1. The number of hydrogen-bond acceptors (Lipinski definition) is 4. The van der Waals surface area contributed by atoms with Gasteiger partial charge in [-0.05, 0) is 12.1 Å². The highest BCUT2D eigenvalue weighted by atomic mass is 35.5. The summed E-state index contributed by atoms with van der Waals surface area (Å²) in [6.45, 7) is 0. The van der Waals surface area contributed by atoms with Crippen molar-refractivity contribution in [1.82, 2.24) is 0 Å². The van der Waals surface area contributed by atoms with Crippen LogP contribution in [0, 0.1) is 0 Å². The smallest absolute Gasteiger partial charge is 0.262 e. The maximum Gasteiger partial charge on any atom is 0.262 e. The number of aliphatic imine (C=N–C) groups is 1. The van der Waals surface area contributed by atoms with Crippen LogP contribution >= 0.6 is 46.6 Å². The zero-order valence-corrected chi connectivity index (χ0v) is 15.5. The second-order valence-electron chi connectivity index (χ2n) is 5.17. The lowest BCUT2D eigenvalue weighted by atomic mass is 10.2. The third-order valence-corrected chi connectivity index (χ3v) is 7.84. The summed E-state index contributed by atoms with van der Waals surface area (Å²) in [5, 5.41) is 0.855. The van der Waals surface area contributed by atoms with E-state index >= 15 is 0 Å². The van der Waals surface area contributed by atoms with Crippen LogP contribution in [0.2, 0.25) is 10.0 Å². The quantitative estimate of drug-likeness (QED) is 0.698. The number of thioether (sulfide) groups is 1. The van der Waals surface area contributed by atoms with Crippen LogP contribution < -0.4 is 4.90 Å². The average molecular weight is 414 g/mol. The SMILES string of the molecule is O=C(CCl)N=C1SC2CS(=O)(=O)CC2N1c1cccc(Cl)c1Cl. The summed E-state index contributed by atoms with van der Waals surface area (Å²) in [5.74, 6) is -0.693. The molecule has 2 aliphatic heterocycles. The van der Waals surface area contributed by atoms with E-state index in [1.54, 1.807) is 23.1 Å². The van der Waals surface area contributed by atoms with E-state index in [9.17, 15) is 13.2 Å². The fourth-order valence-electron chi connectivity index (χ4n) is 2.66. The van der Waals surface area contributed by atoms with E-state index in [0.29, 0.717) is 20.9 Å². The van der Waals surface area contributed by atoms with Crippen LogP contribution in [0.3, 0.4) is 0 Å². The van der Waals surface area contributed by atoms with Gasteiger partial charge >= 0.3 is 0 Å². The van der Waals surface area contributed by atoms with Crippen LogP contribution in [0.25, 0.3) is 0 Å². The highest BCUT2D eigenvalue weighted by Crippen LogP contribution is 2.44. The van der Waals surface area contributed by atoms with Gasteiger partial charge in [0.2, 0.25) is 0 Å².